The lowest BCUT2D eigenvalue weighted by molar-refractivity contribution is 0.415. The summed E-state index contributed by atoms with van der Waals surface area (Å²) in [7, 11) is 1.63. The van der Waals surface area contributed by atoms with E-state index in [9.17, 15) is 0 Å². The van der Waals surface area contributed by atoms with Gasteiger partial charge in [-0.25, -0.2) is 0 Å². The molecule has 0 radical (unpaired) electrons. The minimum atomic E-state index is 0.688. The summed E-state index contributed by atoms with van der Waals surface area (Å²) in [5.41, 5.74) is 1.55. The second-order valence-corrected chi connectivity index (χ2v) is 3.81. The molecule has 0 bridgehead atoms. The third kappa shape index (κ3) is 3.29. The highest BCUT2D eigenvalue weighted by Crippen LogP contribution is 2.22. The monoisotopic (exact) mass is 246 g/mol. The van der Waals surface area contributed by atoms with E-state index >= 15 is 0 Å². The van der Waals surface area contributed by atoms with Crippen LogP contribution in [0.5, 0.6) is 5.75 Å². The first kappa shape index (κ1) is 11.6. The molecule has 86 valence electrons. The Morgan fingerprint density at radius 1 is 0.824 bits per heavy atom. The van der Waals surface area contributed by atoms with Crippen molar-refractivity contribution < 1.29 is 4.74 Å². The van der Waals surface area contributed by atoms with Gasteiger partial charge in [-0.3, -0.25) is 0 Å². The zero-order chi connectivity index (χ0) is 12.1. The van der Waals surface area contributed by atoms with Gasteiger partial charge in [-0.1, -0.05) is 11.6 Å². The van der Waals surface area contributed by atoms with E-state index in [1.807, 2.05) is 36.4 Å². The highest BCUT2D eigenvalue weighted by Gasteiger charge is 1.93. The summed E-state index contributed by atoms with van der Waals surface area (Å²) in [6.07, 6.45) is 0. The SMILES string of the molecule is COc1ccc(N=Nc2ccc(Cl)cc2)cc1. The molecule has 4 heteroatoms. The molecular formula is C13H11ClN2O. The standard InChI is InChI=1S/C13H11ClN2O/c1-17-13-8-6-12(7-9-13)16-15-11-4-2-10(14)3-5-11/h2-9H,1H3. The first-order valence-corrected chi connectivity index (χ1v) is 5.47. The molecule has 0 aliphatic rings. The van der Waals surface area contributed by atoms with Crippen molar-refractivity contribution in [3.05, 3.63) is 53.6 Å². The van der Waals surface area contributed by atoms with E-state index < -0.39 is 0 Å². The van der Waals surface area contributed by atoms with Gasteiger partial charge in [0.05, 0.1) is 18.5 Å². The van der Waals surface area contributed by atoms with Gasteiger partial charge in [-0.2, -0.15) is 10.2 Å². The van der Waals surface area contributed by atoms with E-state index in [2.05, 4.69) is 10.2 Å². The molecule has 2 rings (SSSR count). The van der Waals surface area contributed by atoms with E-state index in [0.29, 0.717) is 5.02 Å². The Hall–Kier alpha value is -1.87. The minimum Gasteiger partial charge on any atom is -0.497 e. The summed E-state index contributed by atoms with van der Waals surface area (Å²) in [6.45, 7) is 0. The van der Waals surface area contributed by atoms with Crippen molar-refractivity contribution in [2.24, 2.45) is 10.2 Å². The zero-order valence-electron chi connectivity index (χ0n) is 9.30. The summed E-state index contributed by atoms with van der Waals surface area (Å²) in [6, 6.07) is 14.6. The van der Waals surface area contributed by atoms with Crippen molar-refractivity contribution in [2.45, 2.75) is 0 Å². The summed E-state index contributed by atoms with van der Waals surface area (Å²) >= 11 is 5.78. The maximum atomic E-state index is 5.78. The molecule has 2 aromatic rings. The van der Waals surface area contributed by atoms with E-state index in [4.69, 9.17) is 16.3 Å². The second kappa shape index (κ2) is 5.46. The Morgan fingerprint density at radius 2 is 1.29 bits per heavy atom. The van der Waals surface area contributed by atoms with Crippen LogP contribution in [0.2, 0.25) is 5.02 Å². The molecule has 0 spiro atoms. The van der Waals surface area contributed by atoms with Crippen LogP contribution in [0.25, 0.3) is 0 Å². The van der Waals surface area contributed by atoms with Gasteiger partial charge in [0.2, 0.25) is 0 Å². The molecule has 2 aromatic carbocycles. The van der Waals surface area contributed by atoms with E-state index in [0.717, 1.165) is 17.1 Å². The van der Waals surface area contributed by atoms with Gasteiger partial charge in [0.15, 0.2) is 0 Å². The summed E-state index contributed by atoms with van der Waals surface area (Å²) in [5, 5.41) is 8.89. The van der Waals surface area contributed by atoms with Crippen molar-refractivity contribution in [1.82, 2.24) is 0 Å². The fourth-order valence-electron chi connectivity index (χ4n) is 1.27. The number of methoxy groups -OCH3 is 1. The molecule has 0 heterocycles. The largest absolute Gasteiger partial charge is 0.497 e. The quantitative estimate of drug-likeness (QED) is 0.719. The van der Waals surface area contributed by atoms with E-state index in [1.54, 1.807) is 19.2 Å². The van der Waals surface area contributed by atoms with Crippen LogP contribution in [0.15, 0.2) is 58.8 Å². The third-order valence-corrected chi connectivity index (χ3v) is 2.43. The van der Waals surface area contributed by atoms with Crippen LogP contribution in [-0.2, 0) is 0 Å². The highest BCUT2D eigenvalue weighted by molar-refractivity contribution is 6.30. The molecule has 0 unspecified atom stereocenters. The molecule has 0 atom stereocenters. The molecular weight excluding hydrogens is 236 g/mol. The number of ether oxygens (including phenoxy) is 1. The lowest BCUT2D eigenvalue weighted by Crippen LogP contribution is -1.79. The van der Waals surface area contributed by atoms with Gasteiger partial charge in [-0.15, -0.1) is 0 Å². The molecule has 17 heavy (non-hydrogen) atoms. The zero-order valence-corrected chi connectivity index (χ0v) is 10.1. The molecule has 0 aliphatic carbocycles. The number of hydrogen-bond donors (Lipinski definition) is 0. The normalized spacial score (nSPS) is 10.7. The van der Waals surface area contributed by atoms with Gasteiger partial charge in [0.25, 0.3) is 0 Å². The van der Waals surface area contributed by atoms with Gasteiger partial charge in [-0.05, 0) is 48.5 Å². The minimum absolute atomic E-state index is 0.688. The molecule has 0 saturated heterocycles. The average Bonchev–Trinajstić information content (AvgIpc) is 2.39. The Kier molecular flexibility index (Phi) is 3.73. The van der Waals surface area contributed by atoms with Gasteiger partial charge >= 0.3 is 0 Å². The summed E-state index contributed by atoms with van der Waals surface area (Å²) in [4.78, 5) is 0. The van der Waals surface area contributed by atoms with Crippen molar-refractivity contribution in [3.8, 4) is 5.75 Å². The van der Waals surface area contributed by atoms with Crippen molar-refractivity contribution in [2.75, 3.05) is 7.11 Å². The fourth-order valence-corrected chi connectivity index (χ4v) is 1.40. The van der Waals surface area contributed by atoms with Crippen LogP contribution in [-0.4, -0.2) is 7.11 Å². The van der Waals surface area contributed by atoms with Crippen molar-refractivity contribution in [3.63, 3.8) is 0 Å². The fraction of sp³-hybridized carbons (Fsp3) is 0.0769. The molecule has 0 aromatic heterocycles. The number of benzene rings is 2. The molecule has 0 fully saturated rings. The van der Waals surface area contributed by atoms with Crippen LogP contribution < -0.4 is 4.74 Å². The van der Waals surface area contributed by atoms with Crippen LogP contribution in [0.3, 0.4) is 0 Å². The second-order valence-electron chi connectivity index (χ2n) is 3.37. The van der Waals surface area contributed by atoms with Crippen LogP contribution >= 0.6 is 11.6 Å². The number of halogens is 1. The molecule has 0 amide bonds. The Bertz CT molecular complexity index is 506. The predicted molar refractivity (Wildman–Crippen MR) is 68.6 cm³/mol. The third-order valence-electron chi connectivity index (χ3n) is 2.18. The number of hydrogen-bond acceptors (Lipinski definition) is 3. The molecule has 0 aliphatic heterocycles. The Morgan fingerprint density at radius 3 is 1.76 bits per heavy atom. The smallest absolute Gasteiger partial charge is 0.119 e. The first-order valence-electron chi connectivity index (χ1n) is 5.09. The predicted octanol–water partition coefficient (Wildman–Crippen LogP) is 4.76. The number of nitrogens with zero attached hydrogens (tertiary/aromatic N) is 2. The van der Waals surface area contributed by atoms with Crippen molar-refractivity contribution in [1.29, 1.82) is 0 Å². The number of rotatable bonds is 3. The lowest BCUT2D eigenvalue weighted by Gasteiger charge is -1.98. The van der Waals surface area contributed by atoms with Gasteiger partial charge in [0, 0.05) is 5.02 Å². The molecule has 0 saturated carbocycles. The lowest BCUT2D eigenvalue weighted by atomic mass is 10.3. The maximum Gasteiger partial charge on any atom is 0.119 e. The van der Waals surface area contributed by atoms with Crippen molar-refractivity contribution >= 4 is 23.0 Å². The van der Waals surface area contributed by atoms with Crippen LogP contribution in [0, 0.1) is 0 Å². The van der Waals surface area contributed by atoms with E-state index in [-0.39, 0.29) is 0 Å². The van der Waals surface area contributed by atoms with Gasteiger partial charge in [0.1, 0.15) is 5.75 Å². The first-order chi connectivity index (χ1) is 8.28. The van der Waals surface area contributed by atoms with Crippen LogP contribution in [0.4, 0.5) is 11.4 Å². The Labute approximate surface area is 105 Å². The Balaban J connectivity index is 2.11. The summed E-state index contributed by atoms with van der Waals surface area (Å²) < 4.78 is 5.06. The maximum absolute atomic E-state index is 5.78. The van der Waals surface area contributed by atoms with Gasteiger partial charge < -0.3 is 4.74 Å². The van der Waals surface area contributed by atoms with Crippen LogP contribution in [0.1, 0.15) is 0 Å². The number of azo groups is 1. The molecule has 0 N–H and O–H groups in total. The summed E-state index contributed by atoms with van der Waals surface area (Å²) in [5.74, 6) is 0.801. The highest BCUT2D eigenvalue weighted by atomic mass is 35.5. The van der Waals surface area contributed by atoms with E-state index in [1.165, 1.54) is 0 Å². The molecule has 3 nitrogen and oxygen atoms in total. The topological polar surface area (TPSA) is 34.0 Å². The average molecular weight is 247 g/mol.